The van der Waals surface area contributed by atoms with Gasteiger partial charge in [-0.25, -0.2) is 17.7 Å². The van der Waals surface area contributed by atoms with Crippen molar-refractivity contribution in [1.29, 1.82) is 0 Å². The fourth-order valence-corrected chi connectivity index (χ4v) is 4.92. The minimum Gasteiger partial charge on any atom is -0.298 e. The molecule has 0 atom stereocenters. The number of hydrogen-bond donors (Lipinski definition) is 1. The smallest absolute Gasteiger partial charge is 0.257 e. The molecule has 1 heterocycles. The predicted molar refractivity (Wildman–Crippen MR) is 109 cm³/mol. The molecule has 1 amide bonds. The van der Waals surface area contributed by atoms with E-state index in [2.05, 4.69) is 10.3 Å². The third kappa shape index (κ3) is 3.70. The summed E-state index contributed by atoms with van der Waals surface area (Å²) in [4.78, 5) is 17.0. The molecule has 0 aliphatic heterocycles. The number of carbonyl (C=O) groups excluding carboxylic acids is 1. The highest BCUT2D eigenvalue weighted by molar-refractivity contribution is 7.89. The molecule has 2 aromatic carbocycles. The van der Waals surface area contributed by atoms with Crippen molar-refractivity contribution in [2.24, 2.45) is 0 Å². The van der Waals surface area contributed by atoms with Crippen molar-refractivity contribution >= 4 is 54.2 Å². The molecular formula is C18H18ClN3O3S2. The van der Waals surface area contributed by atoms with Crippen molar-refractivity contribution in [3.05, 3.63) is 52.0 Å². The summed E-state index contributed by atoms with van der Waals surface area (Å²) in [5.74, 6) is -0.448. The van der Waals surface area contributed by atoms with Crippen molar-refractivity contribution in [2.45, 2.75) is 18.7 Å². The summed E-state index contributed by atoms with van der Waals surface area (Å²) in [5.41, 5.74) is 3.15. The largest absolute Gasteiger partial charge is 0.298 e. The van der Waals surface area contributed by atoms with Gasteiger partial charge in [0, 0.05) is 19.7 Å². The summed E-state index contributed by atoms with van der Waals surface area (Å²) in [6, 6.07) is 8.16. The lowest BCUT2D eigenvalue weighted by atomic mass is 10.1. The first-order valence-electron chi connectivity index (χ1n) is 8.01. The Bertz CT molecular complexity index is 1120. The zero-order chi connectivity index (χ0) is 19.9. The topological polar surface area (TPSA) is 79.4 Å². The molecule has 0 spiro atoms. The number of aryl methyl sites for hydroxylation is 2. The Kier molecular flexibility index (Phi) is 5.27. The maximum absolute atomic E-state index is 12.6. The van der Waals surface area contributed by atoms with Crippen LogP contribution in [0.4, 0.5) is 5.13 Å². The van der Waals surface area contributed by atoms with Crippen LogP contribution in [0.2, 0.25) is 5.02 Å². The van der Waals surface area contributed by atoms with Crippen LogP contribution in [0.3, 0.4) is 0 Å². The van der Waals surface area contributed by atoms with E-state index >= 15 is 0 Å². The highest BCUT2D eigenvalue weighted by atomic mass is 35.5. The first-order valence-corrected chi connectivity index (χ1v) is 10.6. The molecule has 0 fully saturated rings. The molecule has 3 rings (SSSR count). The summed E-state index contributed by atoms with van der Waals surface area (Å²) in [5, 5.41) is 3.27. The third-order valence-electron chi connectivity index (χ3n) is 4.11. The van der Waals surface area contributed by atoms with Crippen molar-refractivity contribution < 1.29 is 13.2 Å². The molecule has 1 aromatic heterocycles. The van der Waals surface area contributed by atoms with E-state index < -0.39 is 15.9 Å². The van der Waals surface area contributed by atoms with E-state index in [4.69, 9.17) is 11.6 Å². The number of fused-ring (bicyclic) bond motifs is 1. The van der Waals surface area contributed by atoms with Crippen LogP contribution in [0.15, 0.2) is 35.2 Å². The Hall–Kier alpha value is -2.00. The molecule has 0 saturated heterocycles. The Morgan fingerprint density at radius 3 is 2.44 bits per heavy atom. The number of benzene rings is 2. The lowest BCUT2D eigenvalue weighted by Gasteiger charge is -2.13. The Morgan fingerprint density at radius 2 is 1.81 bits per heavy atom. The van der Waals surface area contributed by atoms with Crippen molar-refractivity contribution in [2.75, 3.05) is 19.4 Å². The molecular weight excluding hydrogens is 406 g/mol. The number of thiazole rings is 1. The summed E-state index contributed by atoms with van der Waals surface area (Å²) in [7, 11) is -0.946. The van der Waals surface area contributed by atoms with Crippen LogP contribution < -0.4 is 5.32 Å². The SMILES string of the molecule is Cc1ccc(C)c2sc(NC(=O)c3ccc(Cl)c(S(=O)(=O)N(C)C)c3)nc12. The standard InChI is InChI=1S/C18H18ClN3O3S2/c1-10-5-6-11(2)16-15(10)20-18(26-16)21-17(23)12-7-8-13(19)14(9-12)27(24,25)22(3)4/h5-9H,1-4H3,(H,20,21,23). The van der Waals surface area contributed by atoms with Gasteiger partial charge in [0.2, 0.25) is 10.0 Å². The molecule has 0 bridgehead atoms. The Balaban J connectivity index is 1.96. The second kappa shape index (κ2) is 7.20. The van der Waals surface area contributed by atoms with Gasteiger partial charge in [-0.15, -0.1) is 0 Å². The van der Waals surface area contributed by atoms with Gasteiger partial charge < -0.3 is 0 Å². The van der Waals surface area contributed by atoms with Gasteiger partial charge in [0.15, 0.2) is 5.13 Å². The Labute approximate surface area is 166 Å². The molecule has 9 heteroatoms. The number of halogens is 1. The van der Waals surface area contributed by atoms with Crippen LogP contribution in [-0.4, -0.2) is 37.7 Å². The predicted octanol–water partition coefficient (Wildman–Crippen LogP) is 4.07. The van der Waals surface area contributed by atoms with Crippen LogP contribution >= 0.6 is 22.9 Å². The highest BCUT2D eigenvalue weighted by Gasteiger charge is 2.23. The van der Waals surface area contributed by atoms with Crippen molar-refractivity contribution in [3.63, 3.8) is 0 Å². The van der Waals surface area contributed by atoms with E-state index in [9.17, 15) is 13.2 Å². The lowest BCUT2D eigenvalue weighted by Crippen LogP contribution is -2.23. The number of nitrogens with one attached hydrogen (secondary N) is 1. The number of hydrogen-bond acceptors (Lipinski definition) is 5. The summed E-state index contributed by atoms with van der Waals surface area (Å²) < 4.78 is 26.8. The van der Waals surface area contributed by atoms with Crippen LogP contribution in [0, 0.1) is 13.8 Å². The van der Waals surface area contributed by atoms with E-state index in [0.717, 1.165) is 25.6 Å². The quantitative estimate of drug-likeness (QED) is 0.686. The number of amides is 1. The maximum atomic E-state index is 12.6. The van der Waals surface area contributed by atoms with E-state index in [1.54, 1.807) is 0 Å². The number of nitrogens with zero attached hydrogens (tertiary/aromatic N) is 2. The van der Waals surface area contributed by atoms with Gasteiger partial charge in [0.25, 0.3) is 5.91 Å². The van der Waals surface area contributed by atoms with Crippen LogP contribution in [0.1, 0.15) is 21.5 Å². The first kappa shape index (κ1) is 19.8. The zero-order valence-corrected chi connectivity index (χ0v) is 17.6. The average molecular weight is 424 g/mol. The van der Waals surface area contributed by atoms with E-state index in [1.165, 1.54) is 43.6 Å². The normalized spacial score (nSPS) is 11.9. The average Bonchev–Trinajstić information content (AvgIpc) is 3.03. The first-order chi connectivity index (χ1) is 12.6. The van der Waals surface area contributed by atoms with Gasteiger partial charge in [0.05, 0.1) is 15.2 Å². The minimum atomic E-state index is -3.76. The Morgan fingerprint density at radius 1 is 1.15 bits per heavy atom. The molecule has 0 unspecified atom stereocenters. The van der Waals surface area contributed by atoms with E-state index in [0.29, 0.717) is 5.13 Å². The van der Waals surface area contributed by atoms with Crippen LogP contribution in [-0.2, 0) is 10.0 Å². The molecule has 1 N–H and O–H groups in total. The van der Waals surface area contributed by atoms with Crippen LogP contribution in [0.25, 0.3) is 10.2 Å². The van der Waals surface area contributed by atoms with Crippen molar-refractivity contribution in [3.8, 4) is 0 Å². The number of anilines is 1. The molecule has 6 nitrogen and oxygen atoms in total. The molecule has 0 saturated carbocycles. The second-order valence-electron chi connectivity index (χ2n) is 6.28. The van der Waals surface area contributed by atoms with Gasteiger partial charge in [-0.2, -0.15) is 0 Å². The summed E-state index contributed by atoms with van der Waals surface area (Å²) >= 11 is 7.41. The minimum absolute atomic E-state index is 0.0616. The molecule has 3 aromatic rings. The highest BCUT2D eigenvalue weighted by Crippen LogP contribution is 2.31. The number of carbonyl (C=O) groups is 1. The number of rotatable bonds is 4. The molecule has 0 aliphatic carbocycles. The van der Waals surface area contributed by atoms with Gasteiger partial charge in [-0.05, 0) is 43.2 Å². The van der Waals surface area contributed by atoms with Gasteiger partial charge in [0.1, 0.15) is 4.90 Å². The van der Waals surface area contributed by atoms with Crippen molar-refractivity contribution in [1.82, 2.24) is 9.29 Å². The van der Waals surface area contributed by atoms with E-state index in [-0.39, 0.29) is 15.5 Å². The fourth-order valence-electron chi connectivity index (χ4n) is 2.52. The monoisotopic (exact) mass is 423 g/mol. The molecule has 0 aliphatic rings. The number of sulfonamides is 1. The maximum Gasteiger partial charge on any atom is 0.257 e. The number of aromatic nitrogens is 1. The summed E-state index contributed by atoms with van der Waals surface area (Å²) in [6.45, 7) is 3.95. The summed E-state index contributed by atoms with van der Waals surface area (Å²) in [6.07, 6.45) is 0. The molecule has 0 radical (unpaired) electrons. The van der Waals surface area contributed by atoms with Gasteiger partial charge >= 0.3 is 0 Å². The zero-order valence-electron chi connectivity index (χ0n) is 15.2. The fraction of sp³-hybridized carbons (Fsp3) is 0.222. The third-order valence-corrected chi connectivity index (χ3v) is 7.52. The van der Waals surface area contributed by atoms with Gasteiger partial charge in [-0.1, -0.05) is 35.1 Å². The lowest BCUT2D eigenvalue weighted by molar-refractivity contribution is 0.102. The molecule has 27 heavy (non-hydrogen) atoms. The second-order valence-corrected chi connectivity index (χ2v) is 9.81. The van der Waals surface area contributed by atoms with E-state index in [1.807, 2.05) is 26.0 Å². The molecule has 142 valence electrons. The van der Waals surface area contributed by atoms with Gasteiger partial charge in [-0.3, -0.25) is 10.1 Å². The van der Waals surface area contributed by atoms with Crippen LogP contribution in [0.5, 0.6) is 0 Å².